The molecule has 0 N–H and O–H groups in total. The summed E-state index contributed by atoms with van der Waals surface area (Å²) in [5.41, 5.74) is 2.36. The lowest BCUT2D eigenvalue weighted by atomic mass is 9.78. The van der Waals surface area contributed by atoms with Crippen molar-refractivity contribution in [3.05, 3.63) is 71.3 Å². The summed E-state index contributed by atoms with van der Waals surface area (Å²) in [4.78, 5) is 30.8. The monoisotopic (exact) mass is 394 g/mol. The van der Waals surface area contributed by atoms with Crippen molar-refractivity contribution in [1.29, 1.82) is 0 Å². The molecule has 0 bridgehead atoms. The zero-order valence-corrected chi connectivity index (χ0v) is 16.6. The molecule has 2 aliphatic rings. The first kappa shape index (κ1) is 19.6. The Morgan fingerprint density at radius 3 is 2.48 bits per heavy atom. The predicted octanol–water partition coefficient (Wildman–Crippen LogP) is 2.47. The van der Waals surface area contributed by atoms with E-state index in [0.29, 0.717) is 45.0 Å². The van der Waals surface area contributed by atoms with Crippen LogP contribution in [0.15, 0.2) is 54.6 Å². The summed E-state index contributed by atoms with van der Waals surface area (Å²) in [5, 5.41) is 0. The van der Waals surface area contributed by atoms with Crippen molar-refractivity contribution in [2.24, 2.45) is 0 Å². The lowest BCUT2D eigenvalue weighted by molar-refractivity contribution is -0.138. The molecule has 0 aliphatic carbocycles. The number of hydrogen-bond acceptors (Lipinski definition) is 4. The molecule has 1 saturated heterocycles. The number of ether oxygens (including phenoxy) is 2. The molecule has 0 aromatic heterocycles. The second-order valence-corrected chi connectivity index (χ2v) is 7.35. The smallest absolute Gasteiger partial charge is 0.254 e. The number of carbonyl (C=O) groups is 2. The van der Waals surface area contributed by atoms with E-state index in [2.05, 4.69) is 0 Å². The molecule has 2 unspecified atom stereocenters. The minimum absolute atomic E-state index is 0.0459. The van der Waals surface area contributed by atoms with Crippen LogP contribution < -0.4 is 0 Å². The molecule has 6 nitrogen and oxygen atoms in total. The van der Waals surface area contributed by atoms with Gasteiger partial charge in [-0.1, -0.05) is 48.5 Å². The molecular formula is C23H26N2O4. The van der Waals surface area contributed by atoms with Crippen LogP contribution in [0, 0.1) is 0 Å². The van der Waals surface area contributed by atoms with Crippen molar-refractivity contribution in [2.45, 2.75) is 12.0 Å². The molecule has 2 aromatic rings. The Balaban J connectivity index is 1.83. The van der Waals surface area contributed by atoms with Crippen LogP contribution in [0.3, 0.4) is 0 Å². The van der Waals surface area contributed by atoms with Crippen molar-refractivity contribution < 1.29 is 19.1 Å². The molecule has 1 fully saturated rings. The number of morpholine rings is 1. The Kier molecular flexibility index (Phi) is 5.92. The van der Waals surface area contributed by atoms with Gasteiger partial charge in [-0.3, -0.25) is 9.59 Å². The van der Waals surface area contributed by atoms with Crippen LogP contribution in [0.4, 0.5) is 0 Å². The summed E-state index contributed by atoms with van der Waals surface area (Å²) in [6.07, 6.45) is 0. The summed E-state index contributed by atoms with van der Waals surface area (Å²) >= 11 is 0. The van der Waals surface area contributed by atoms with Gasteiger partial charge < -0.3 is 19.3 Å². The van der Waals surface area contributed by atoms with E-state index in [-0.39, 0.29) is 17.9 Å². The summed E-state index contributed by atoms with van der Waals surface area (Å²) < 4.78 is 10.7. The Morgan fingerprint density at radius 1 is 1.07 bits per heavy atom. The third kappa shape index (κ3) is 3.78. The lowest BCUT2D eigenvalue weighted by Crippen LogP contribution is -2.51. The van der Waals surface area contributed by atoms with Gasteiger partial charge in [-0.05, 0) is 17.2 Å². The van der Waals surface area contributed by atoms with Crippen LogP contribution in [0.1, 0.15) is 33.4 Å². The van der Waals surface area contributed by atoms with Gasteiger partial charge in [0.2, 0.25) is 5.91 Å². The lowest BCUT2D eigenvalue weighted by Gasteiger charge is -2.43. The zero-order valence-electron chi connectivity index (χ0n) is 16.6. The van der Waals surface area contributed by atoms with Crippen LogP contribution in [0.5, 0.6) is 0 Å². The first-order valence-corrected chi connectivity index (χ1v) is 10.0. The van der Waals surface area contributed by atoms with E-state index in [1.165, 1.54) is 0 Å². The Labute approximate surface area is 171 Å². The van der Waals surface area contributed by atoms with Crippen molar-refractivity contribution in [1.82, 2.24) is 9.80 Å². The van der Waals surface area contributed by atoms with Gasteiger partial charge in [0.1, 0.15) is 0 Å². The van der Waals surface area contributed by atoms with Gasteiger partial charge in [-0.2, -0.15) is 0 Å². The molecule has 4 rings (SSSR count). The van der Waals surface area contributed by atoms with Crippen molar-refractivity contribution in [3.63, 3.8) is 0 Å². The Bertz CT molecular complexity index is 864. The molecular weight excluding hydrogens is 368 g/mol. The number of methoxy groups -OCH3 is 1. The Morgan fingerprint density at radius 2 is 1.76 bits per heavy atom. The fraction of sp³-hybridized carbons (Fsp3) is 0.391. The third-order valence-electron chi connectivity index (χ3n) is 5.70. The van der Waals surface area contributed by atoms with Gasteiger partial charge in [0, 0.05) is 32.3 Å². The van der Waals surface area contributed by atoms with Crippen LogP contribution in [0.25, 0.3) is 0 Å². The predicted molar refractivity (Wildman–Crippen MR) is 109 cm³/mol. The molecule has 2 heterocycles. The van der Waals surface area contributed by atoms with Crippen LogP contribution in [-0.2, 0) is 14.3 Å². The minimum atomic E-state index is -0.457. The second-order valence-electron chi connectivity index (χ2n) is 7.35. The molecule has 6 heteroatoms. The van der Waals surface area contributed by atoms with Crippen molar-refractivity contribution in [2.75, 3.05) is 46.6 Å². The molecule has 0 spiro atoms. The van der Waals surface area contributed by atoms with Crippen LogP contribution >= 0.6 is 0 Å². The van der Waals surface area contributed by atoms with E-state index in [1.54, 1.807) is 12.0 Å². The highest BCUT2D eigenvalue weighted by Crippen LogP contribution is 2.43. The minimum Gasteiger partial charge on any atom is -0.383 e. The molecule has 2 aliphatic heterocycles. The maximum atomic E-state index is 13.7. The number of fused-ring (bicyclic) bond motifs is 1. The number of carbonyl (C=O) groups excluding carboxylic acids is 2. The largest absolute Gasteiger partial charge is 0.383 e. The fourth-order valence-electron chi connectivity index (χ4n) is 4.30. The van der Waals surface area contributed by atoms with Gasteiger partial charge in [0.15, 0.2) is 0 Å². The van der Waals surface area contributed by atoms with Gasteiger partial charge in [0.05, 0.1) is 31.8 Å². The highest BCUT2D eigenvalue weighted by Gasteiger charge is 2.45. The number of nitrogens with zero attached hydrogens (tertiary/aromatic N) is 2. The van der Waals surface area contributed by atoms with E-state index in [9.17, 15) is 9.59 Å². The highest BCUT2D eigenvalue weighted by atomic mass is 16.5. The SMILES string of the molecule is COCCN1C(=O)c2ccccc2C(C(=O)N2CCOCC2)C1c1ccccc1. The van der Waals surface area contributed by atoms with Crippen LogP contribution in [0.2, 0.25) is 0 Å². The average molecular weight is 394 g/mol. The average Bonchev–Trinajstić information content (AvgIpc) is 2.79. The summed E-state index contributed by atoms with van der Waals surface area (Å²) in [5.74, 6) is -0.469. The molecule has 2 aromatic carbocycles. The van der Waals surface area contributed by atoms with E-state index in [0.717, 1.165) is 11.1 Å². The summed E-state index contributed by atoms with van der Waals surface area (Å²) in [7, 11) is 1.62. The van der Waals surface area contributed by atoms with Crippen LogP contribution in [-0.4, -0.2) is 68.2 Å². The van der Waals surface area contributed by atoms with E-state index >= 15 is 0 Å². The maximum Gasteiger partial charge on any atom is 0.254 e. The van der Waals surface area contributed by atoms with E-state index in [1.807, 2.05) is 59.5 Å². The van der Waals surface area contributed by atoms with Gasteiger partial charge in [0.25, 0.3) is 5.91 Å². The first-order chi connectivity index (χ1) is 14.2. The normalized spacial score (nSPS) is 21.8. The second kappa shape index (κ2) is 8.76. The summed E-state index contributed by atoms with van der Waals surface area (Å²) in [6, 6.07) is 16.9. The molecule has 0 saturated carbocycles. The molecule has 2 amide bonds. The van der Waals surface area contributed by atoms with E-state index in [4.69, 9.17) is 9.47 Å². The molecule has 29 heavy (non-hydrogen) atoms. The molecule has 0 radical (unpaired) electrons. The Hall–Kier alpha value is -2.70. The number of hydrogen-bond donors (Lipinski definition) is 0. The van der Waals surface area contributed by atoms with Gasteiger partial charge in [-0.15, -0.1) is 0 Å². The molecule has 2 atom stereocenters. The van der Waals surface area contributed by atoms with Crippen molar-refractivity contribution >= 4 is 11.8 Å². The van der Waals surface area contributed by atoms with E-state index < -0.39 is 5.92 Å². The van der Waals surface area contributed by atoms with Crippen molar-refractivity contribution in [3.8, 4) is 0 Å². The highest BCUT2D eigenvalue weighted by molar-refractivity contribution is 6.01. The number of benzene rings is 2. The quantitative estimate of drug-likeness (QED) is 0.782. The fourth-order valence-corrected chi connectivity index (χ4v) is 4.30. The topological polar surface area (TPSA) is 59.1 Å². The van der Waals surface area contributed by atoms with Gasteiger partial charge in [-0.25, -0.2) is 0 Å². The third-order valence-corrected chi connectivity index (χ3v) is 5.70. The maximum absolute atomic E-state index is 13.7. The first-order valence-electron chi connectivity index (χ1n) is 10.0. The molecule has 152 valence electrons. The number of amides is 2. The standard InChI is InChI=1S/C23H26N2O4/c1-28-14-13-25-21(17-7-3-2-4-8-17)20(23(27)24-11-15-29-16-12-24)18-9-5-6-10-19(18)22(25)26/h2-10,20-21H,11-16H2,1H3. The summed E-state index contributed by atoms with van der Waals surface area (Å²) in [6.45, 7) is 3.08. The number of rotatable bonds is 5. The zero-order chi connectivity index (χ0) is 20.2. The van der Waals surface area contributed by atoms with Gasteiger partial charge >= 0.3 is 0 Å².